The van der Waals surface area contributed by atoms with Crippen molar-refractivity contribution < 1.29 is 22.4 Å². The lowest BCUT2D eigenvalue weighted by atomic mass is 9.90. The van der Waals surface area contributed by atoms with Gasteiger partial charge in [-0.3, -0.25) is 4.79 Å². The number of nitrogens with zero attached hydrogens (tertiary/aromatic N) is 1. The largest absolute Gasteiger partial charge is 0.349 e. The van der Waals surface area contributed by atoms with Crippen molar-refractivity contribution >= 4 is 5.91 Å². The molecule has 2 unspecified atom stereocenters. The van der Waals surface area contributed by atoms with Crippen molar-refractivity contribution in [2.75, 3.05) is 14.1 Å². The summed E-state index contributed by atoms with van der Waals surface area (Å²) >= 11 is 0. The monoisotopic (exact) mass is 332 g/mol. The van der Waals surface area contributed by atoms with Gasteiger partial charge in [-0.2, -0.15) is 8.78 Å². The van der Waals surface area contributed by atoms with Gasteiger partial charge in [0.2, 0.25) is 0 Å². The molecular formula is C16H20F4N2O. The van der Waals surface area contributed by atoms with Crippen LogP contribution in [0.5, 0.6) is 0 Å². The summed E-state index contributed by atoms with van der Waals surface area (Å²) in [5, 5.41) is 2.34. The van der Waals surface area contributed by atoms with Gasteiger partial charge in [0.05, 0.1) is 0 Å². The lowest BCUT2D eigenvalue weighted by molar-refractivity contribution is -0.148. The zero-order valence-corrected chi connectivity index (χ0v) is 13.1. The van der Waals surface area contributed by atoms with E-state index in [9.17, 15) is 22.4 Å². The van der Waals surface area contributed by atoms with E-state index >= 15 is 0 Å². The molecule has 0 radical (unpaired) electrons. The highest BCUT2D eigenvalue weighted by Gasteiger charge is 2.42. The van der Waals surface area contributed by atoms with Crippen molar-refractivity contribution in [3.63, 3.8) is 0 Å². The van der Waals surface area contributed by atoms with E-state index in [0.717, 1.165) is 18.9 Å². The van der Waals surface area contributed by atoms with E-state index in [-0.39, 0.29) is 12.1 Å². The number of rotatable bonds is 4. The maximum absolute atomic E-state index is 14.2. The van der Waals surface area contributed by atoms with Crippen LogP contribution >= 0.6 is 0 Å². The zero-order valence-electron chi connectivity index (χ0n) is 13.1. The maximum atomic E-state index is 14.2. The van der Waals surface area contributed by atoms with Crippen LogP contribution in [0.1, 0.15) is 31.2 Å². The predicted octanol–water partition coefficient (Wildman–Crippen LogP) is 3.05. The van der Waals surface area contributed by atoms with Crippen LogP contribution < -0.4 is 5.32 Å². The Hall–Kier alpha value is -1.63. The normalized spacial score (nSPS) is 22.2. The van der Waals surface area contributed by atoms with Gasteiger partial charge in [0.1, 0.15) is 0 Å². The summed E-state index contributed by atoms with van der Waals surface area (Å²) in [6, 6.07) is 1.56. The molecule has 0 aromatic heterocycles. The standard InChI is InChI=1S/C16H20F4N2O/c1-22(2)12-5-3-4-11(9-12)21-15(23)16(19,20)10-6-7-13(17)14(18)8-10/h6-8,11-12H,3-5,9H2,1-2H3,(H,21,23). The van der Waals surface area contributed by atoms with Gasteiger partial charge in [-0.25, -0.2) is 8.78 Å². The van der Waals surface area contributed by atoms with Gasteiger partial charge in [0, 0.05) is 17.6 Å². The quantitative estimate of drug-likeness (QED) is 0.860. The average molecular weight is 332 g/mol. The second-order valence-electron chi connectivity index (χ2n) is 6.16. The van der Waals surface area contributed by atoms with E-state index in [1.54, 1.807) is 0 Å². The molecular weight excluding hydrogens is 312 g/mol. The lowest BCUT2D eigenvalue weighted by Crippen LogP contribution is -2.48. The number of benzene rings is 1. The van der Waals surface area contributed by atoms with E-state index in [1.807, 2.05) is 19.0 Å². The van der Waals surface area contributed by atoms with Crippen LogP contribution in [0, 0.1) is 11.6 Å². The Balaban J connectivity index is 2.07. The second kappa shape index (κ2) is 6.86. The molecule has 1 amide bonds. The zero-order chi connectivity index (χ0) is 17.2. The minimum absolute atomic E-state index is 0.228. The first-order chi connectivity index (χ1) is 10.7. The molecule has 0 heterocycles. The van der Waals surface area contributed by atoms with E-state index in [2.05, 4.69) is 5.32 Å². The van der Waals surface area contributed by atoms with E-state index in [0.29, 0.717) is 25.0 Å². The SMILES string of the molecule is CN(C)C1CCCC(NC(=O)C(F)(F)c2ccc(F)c(F)c2)C1. The molecule has 0 aliphatic heterocycles. The molecule has 1 aliphatic rings. The van der Waals surface area contributed by atoms with Crippen LogP contribution in [0.25, 0.3) is 0 Å². The van der Waals surface area contributed by atoms with Crippen LogP contribution in [-0.2, 0) is 10.7 Å². The van der Waals surface area contributed by atoms with Crippen LogP contribution in [-0.4, -0.2) is 37.0 Å². The van der Waals surface area contributed by atoms with Crippen molar-refractivity contribution in [3.05, 3.63) is 35.4 Å². The Morgan fingerprint density at radius 1 is 1.22 bits per heavy atom. The molecule has 2 atom stereocenters. The van der Waals surface area contributed by atoms with Crippen LogP contribution in [0.3, 0.4) is 0 Å². The molecule has 1 aliphatic carbocycles. The number of amides is 1. The van der Waals surface area contributed by atoms with E-state index in [1.165, 1.54) is 0 Å². The average Bonchev–Trinajstić information content (AvgIpc) is 2.50. The summed E-state index contributed by atoms with van der Waals surface area (Å²) in [5.74, 6) is -8.01. The summed E-state index contributed by atoms with van der Waals surface area (Å²) in [4.78, 5) is 13.9. The molecule has 0 saturated heterocycles. The third kappa shape index (κ3) is 4.02. The van der Waals surface area contributed by atoms with Crippen molar-refractivity contribution in [1.29, 1.82) is 0 Å². The molecule has 7 heteroatoms. The third-order valence-electron chi connectivity index (χ3n) is 4.28. The summed E-state index contributed by atoms with van der Waals surface area (Å²) < 4.78 is 54.3. The number of hydrogen-bond acceptors (Lipinski definition) is 2. The predicted molar refractivity (Wildman–Crippen MR) is 78.1 cm³/mol. The third-order valence-corrected chi connectivity index (χ3v) is 4.28. The fraction of sp³-hybridized carbons (Fsp3) is 0.562. The molecule has 3 nitrogen and oxygen atoms in total. The fourth-order valence-corrected chi connectivity index (χ4v) is 2.86. The number of carbonyl (C=O) groups is 1. The Morgan fingerprint density at radius 3 is 2.52 bits per heavy atom. The van der Waals surface area contributed by atoms with Crippen molar-refractivity contribution in [3.8, 4) is 0 Å². The molecule has 1 fully saturated rings. The Morgan fingerprint density at radius 2 is 1.91 bits per heavy atom. The number of halogens is 4. The second-order valence-corrected chi connectivity index (χ2v) is 6.16. The minimum atomic E-state index is -3.90. The first-order valence-corrected chi connectivity index (χ1v) is 7.52. The van der Waals surface area contributed by atoms with Gasteiger partial charge in [-0.15, -0.1) is 0 Å². The highest BCUT2D eigenvalue weighted by atomic mass is 19.3. The number of alkyl halides is 2. The summed E-state index contributed by atoms with van der Waals surface area (Å²) in [6.45, 7) is 0. The van der Waals surface area contributed by atoms with E-state index in [4.69, 9.17) is 0 Å². The lowest BCUT2D eigenvalue weighted by Gasteiger charge is -2.34. The molecule has 0 bridgehead atoms. The molecule has 0 spiro atoms. The Bertz CT molecular complexity index is 577. The molecule has 1 N–H and O–H groups in total. The van der Waals surface area contributed by atoms with Gasteiger partial charge in [0.25, 0.3) is 5.91 Å². The van der Waals surface area contributed by atoms with Gasteiger partial charge in [0.15, 0.2) is 11.6 Å². The summed E-state index contributed by atoms with van der Waals surface area (Å²) in [7, 11) is 3.82. The number of hydrogen-bond donors (Lipinski definition) is 1. The number of nitrogens with one attached hydrogen (secondary N) is 1. The van der Waals surface area contributed by atoms with Crippen molar-refractivity contribution in [1.82, 2.24) is 10.2 Å². The van der Waals surface area contributed by atoms with Gasteiger partial charge < -0.3 is 10.2 Å². The molecule has 1 aromatic carbocycles. The number of carbonyl (C=O) groups excluding carboxylic acids is 1. The highest BCUT2D eigenvalue weighted by molar-refractivity contribution is 5.85. The first kappa shape index (κ1) is 17.7. The molecule has 1 aromatic rings. The maximum Gasteiger partial charge on any atom is 0.349 e. The smallest absolute Gasteiger partial charge is 0.348 e. The minimum Gasteiger partial charge on any atom is -0.348 e. The fourth-order valence-electron chi connectivity index (χ4n) is 2.86. The van der Waals surface area contributed by atoms with Crippen LogP contribution in [0.15, 0.2) is 18.2 Å². The molecule has 128 valence electrons. The molecule has 1 saturated carbocycles. The summed E-state index contributed by atoms with van der Waals surface area (Å²) in [5.41, 5.74) is -0.853. The molecule has 2 rings (SSSR count). The van der Waals surface area contributed by atoms with Crippen LogP contribution in [0.4, 0.5) is 17.6 Å². The Labute approximate surface area is 132 Å². The van der Waals surface area contributed by atoms with Crippen molar-refractivity contribution in [2.45, 2.75) is 43.7 Å². The van der Waals surface area contributed by atoms with Gasteiger partial charge in [-0.1, -0.05) is 0 Å². The highest BCUT2D eigenvalue weighted by Crippen LogP contribution is 2.30. The van der Waals surface area contributed by atoms with Gasteiger partial charge in [-0.05, 0) is 58.0 Å². The Kier molecular flexibility index (Phi) is 5.29. The van der Waals surface area contributed by atoms with Crippen LogP contribution in [0.2, 0.25) is 0 Å². The van der Waals surface area contributed by atoms with E-state index < -0.39 is 29.0 Å². The van der Waals surface area contributed by atoms with Gasteiger partial charge >= 0.3 is 5.92 Å². The summed E-state index contributed by atoms with van der Waals surface area (Å²) in [6.07, 6.45) is 3.01. The topological polar surface area (TPSA) is 32.3 Å². The molecule has 23 heavy (non-hydrogen) atoms. The first-order valence-electron chi connectivity index (χ1n) is 7.52. The van der Waals surface area contributed by atoms with Crippen molar-refractivity contribution in [2.24, 2.45) is 0 Å².